The summed E-state index contributed by atoms with van der Waals surface area (Å²) in [5.41, 5.74) is 1.61. The number of nitrogens with one attached hydrogen (secondary N) is 1. The van der Waals surface area contributed by atoms with Crippen molar-refractivity contribution in [1.82, 2.24) is 15.2 Å². The summed E-state index contributed by atoms with van der Waals surface area (Å²) in [5, 5.41) is 6.07. The molecule has 2 amide bonds. The van der Waals surface area contributed by atoms with Crippen LogP contribution in [0.25, 0.3) is 0 Å². The first-order chi connectivity index (χ1) is 12.5. The van der Waals surface area contributed by atoms with Crippen LogP contribution < -0.4 is 5.32 Å². The van der Waals surface area contributed by atoms with Gasteiger partial charge in [-0.3, -0.25) is 9.59 Å². The minimum absolute atomic E-state index is 0.00183. The highest BCUT2D eigenvalue weighted by Crippen LogP contribution is 2.30. The smallest absolute Gasteiger partial charge is 0.257 e. The second-order valence-electron chi connectivity index (χ2n) is 6.98. The highest BCUT2D eigenvalue weighted by molar-refractivity contribution is 7.09. The number of hydrogen-bond acceptors (Lipinski definition) is 5. The van der Waals surface area contributed by atoms with Gasteiger partial charge in [0.25, 0.3) is 5.91 Å². The summed E-state index contributed by atoms with van der Waals surface area (Å²) < 4.78 is 5.02. The van der Waals surface area contributed by atoms with Crippen LogP contribution in [0.2, 0.25) is 0 Å². The third-order valence-corrected chi connectivity index (χ3v) is 5.66. The van der Waals surface area contributed by atoms with Crippen LogP contribution in [0.5, 0.6) is 0 Å². The van der Waals surface area contributed by atoms with Gasteiger partial charge in [-0.25, -0.2) is 4.98 Å². The van der Waals surface area contributed by atoms with Crippen molar-refractivity contribution in [2.45, 2.75) is 39.0 Å². The SMILES string of the molecule is CC(C)C(=O)NCCc1csc([C@H]2CCCN(C(=O)c3ccoc3)C2)n1. The molecule has 7 heteroatoms. The van der Waals surface area contributed by atoms with Gasteiger partial charge in [0.1, 0.15) is 6.26 Å². The highest BCUT2D eigenvalue weighted by Gasteiger charge is 2.27. The molecule has 1 atom stereocenters. The zero-order valence-corrected chi connectivity index (χ0v) is 16.1. The monoisotopic (exact) mass is 375 g/mol. The summed E-state index contributed by atoms with van der Waals surface area (Å²) in [6.45, 7) is 5.85. The lowest BCUT2D eigenvalue weighted by molar-refractivity contribution is -0.123. The van der Waals surface area contributed by atoms with Crippen LogP contribution >= 0.6 is 11.3 Å². The Morgan fingerprint density at radius 2 is 2.31 bits per heavy atom. The molecule has 140 valence electrons. The lowest BCUT2D eigenvalue weighted by Gasteiger charge is -2.31. The Morgan fingerprint density at radius 3 is 3.04 bits per heavy atom. The molecule has 0 unspecified atom stereocenters. The fourth-order valence-electron chi connectivity index (χ4n) is 3.07. The minimum atomic E-state index is 0.00183. The van der Waals surface area contributed by atoms with Gasteiger partial charge >= 0.3 is 0 Å². The van der Waals surface area contributed by atoms with E-state index < -0.39 is 0 Å². The van der Waals surface area contributed by atoms with E-state index in [4.69, 9.17) is 9.40 Å². The Bertz CT molecular complexity index is 739. The van der Waals surface area contributed by atoms with Crippen molar-refractivity contribution in [2.75, 3.05) is 19.6 Å². The number of aromatic nitrogens is 1. The summed E-state index contributed by atoms with van der Waals surface area (Å²) in [6, 6.07) is 1.71. The molecule has 0 bridgehead atoms. The standard InChI is InChI=1S/C19H25N3O3S/c1-13(2)17(23)20-7-5-16-12-26-18(21-16)14-4-3-8-22(10-14)19(24)15-6-9-25-11-15/h6,9,11-14H,3-5,7-8,10H2,1-2H3,(H,20,23)/t14-/m0/s1. The number of hydrogen-bond donors (Lipinski definition) is 1. The average Bonchev–Trinajstić information content (AvgIpc) is 3.33. The van der Waals surface area contributed by atoms with Crippen LogP contribution in [-0.2, 0) is 11.2 Å². The molecule has 3 rings (SSSR count). The lowest BCUT2D eigenvalue weighted by atomic mass is 9.98. The number of piperidine rings is 1. The number of likely N-dealkylation sites (tertiary alicyclic amines) is 1. The summed E-state index contributed by atoms with van der Waals surface area (Å²) in [6.07, 6.45) is 5.79. The normalized spacial score (nSPS) is 17.5. The Labute approximate surface area is 157 Å². The molecular weight excluding hydrogens is 350 g/mol. The lowest BCUT2D eigenvalue weighted by Crippen LogP contribution is -2.38. The zero-order chi connectivity index (χ0) is 18.5. The molecule has 0 radical (unpaired) electrons. The molecule has 3 heterocycles. The van der Waals surface area contributed by atoms with Crippen LogP contribution in [0, 0.1) is 5.92 Å². The molecule has 0 spiro atoms. The van der Waals surface area contributed by atoms with Crippen molar-refractivity contribution in [3.63, 3.8) is 0 Å². The van der Waals surface area contributed by atoms with Gasteiger partial charge < -0.3 is 14.6 Å². The van der Waals surface area contributed by atoms with E-state index in [1.807, 2.05) is 18.7 Å². The number of nitrogens with zero attached hydrogens (tertiary/aromatic N) is 2. The molecule has 6 nitrogen and oxygen atoms in total. The molecule has 1 fully saturated rings. The molecule has 0 saturated carbocycles. The van der Waals surface area contributed by atoms with Gasteiger partial charge in [-0.15, -0.1) is 11.3 Å². The van der Waals surface area contributed by atoms with Crippen LogP contribution in [0.4, 0.5) is 0 Å². The van der Waals surface area contributed by atoms with Crippen LogP contribution in [0.1, 0.15) is 53.7 Å². The highest BCUT2D eigenvalue weighted by atomic mass is 32.1. The number of carbonyl (C=O) groups is 2. The quantitative estimate of drug-likeness (QED) is 0.842. The van der Waals surface area contributed by atoms with E-state index in [0.29, 0.717) is 18.7 Å². The first kappa shape index (κ1) is 18.6. The summed E-state index contributed by atoms with van der Waals surface area (Å²) >= 11 is 1.65. The zero-order valence-electron chi connectivity index (χ0n) is 15.2. The maximum atomic E-state index is 12.5. The number of thiazole rings is 1. The number of amides is 2. The molecule has 1 N–H and O–H groups in total. The van der Waals surface area contributed by atoms with Crippen LogP contribution in [0.15, 0.2) is 28.4 Å². The van der Waals surface area contributed by atoms with Crippen molar-refractivity contribution in [2.24, 2.45) is 5.92 Å². The predicted molar refractivity (Wildman–Crippen MR) is 100 cm³/mol. The molecule has 0 aliphatic carbocycles. The van der Waals surface area contributed by atoms with Gasteiger partial charge in [-0.2, -0.15) is 0 Å². The molecule has 1 aliphatic heterocycles. The van der Waals surface area contributed by atoms with Gasteiger partial charge in [-0.1, -0.05) is 13.8 Å². The predicted octanol–water partition coefficient (Wildman–Crippen LogP) is 3.07. The average molecular weight is 375 g/mol. The molecule has 0 aromatic carbocycles. The second-order valence-corrected chi connectivity index (χ2v) is 7.86. The first-order valence-electron chi connectivity index (χ1n) is 9.08. The maximum Gasteiger partial charge on any atom is 0.257 e. The van der Waals surface area contributed by atoms with E-state index in [1.54, 1.807) is 17.4 Å². The van der Waals surface area contributed by atoms with Gasteiger partial charge in [0.2, 0.25) is 5.91 Å². The molecule has 2 aromatic rings. The third-order valence-electron chi connectivity index (χ3n) is 4.60. The fraction of sp³-hybridized carbons (Fsp3) is 0.526. The van der Waals surface area contributed by atoms with Crippen molar-refractivity contribution in [3.05, 3.63) is 40.2 Å². The molecule has 1 saturated heterocycles. The largest absolute Gasteiger partial charge is 0.472 e. The maximum absolute atomic E-state index is 12.5. The number of rotatable bonds is 6. The Balaban J connectivity index is 1.55. The van der Waals surface area contributed by atoms with Gasteiger partial charge in [0.15, 0.2) is 0 Å². The molecular formula is C19H25N3O3S. The van der Waals surface area contributed by atoms with E-state index in [0.717, 1.165) is 36.5 Å². The summed E-state index contributed by atoms with van der Waals surface area (Å²) in [5.74, 6) is 0.378. The van der Waals surface area contributed by atoms with E-state index >= 15 is 0 Å². The molecule has 2 aromatic heterocycles. The van der Waals surface area contributed by atoms with E-state index in [-0.39, 0.29) is 23.7 Å². The summed E-state index contributed by atoms with van der Waals surface area (Å²) in [4.78, 5) is 30.8. The Morgan fingerprint density at radius 1 is 1.46 bits per heavy atom. The van der Waals surface area contributed by atoms with Crippen LogP contribution in [-0.4, -0.2) is 41.3 Å². The molecule has 1 aliphatic rings. The van der Waals surface area contributed by atoms with Gasteiger partial charge in [0.05, 0.1) is 22.5 Å². The third kappa shape index (κ3) is 4.52. The Kier molecular flexibility index (Phi) is 6.08. The summed E-state index contributed by atoms with van der Waals surface area (Å²) in [7, 11) is 0. The van der Waals surface area contributed by atoms with E-state index in [2.05, 4.69) is 10.7 Å². The second kappa shape index (κ2) is 8.49. The minimum Gasteiger partial charge on any atom is -0.472 e. The first-order valence-corrected chi connectivity index (χ1v) is 9.96. The fourth-order valence-corrected chi connectivity index (χ4v) is 4.06. The van der Waals surface area contributed by atoms with Crippen molar-refractivity contribution in [1.29, 1.82) is 0 Å². The van der Waals surface area contributed by atoms with Gasteiger partial charge in [0, 0.05) is 43.3 Å². The number of carbonyl (C=O) groups excluding carboxylic acids is 2. The number of furan rings is 1. The Hall–Kier alpha value is -2.15. The van der Waals surface area contributed by atoms with E-state index in [1.165, 1.54) is 12.5 Å². The topological polar surface area (TPSA) is 75.4 Å². The van der Waals surface area contributed by atoms with Gasteiger partial charge in [-0.05, 0) is 18.9 Å². The van der Waals surface area contributed by atoms with Crippen molar-refractivity contribution >= 4 is 23.2 Å². The van der Waals surface area contributed by atoms with E-state index in [9.17, 15) is 9.59 Å². The van der Waals surface area contributed by atoms with Crippen molar-refractivity contribution in [3.8, 4) is 0 Å². The molecule has 26 heavy (non-hydrogen) atoms. The van der Waals surface area contributed by atoms with Crippen LogP contribution in [0.3, 0.4) is 0 Å². The van der Waals surface area contributed by atoms with Crippen molar-refractivity contribution < 1.29 is 14.0 Å².